The first-order valence-electron chi connectivity index (χ1n) is 11.6. The number of Topliss-reactive ketones (excluding diaryl/α,β-unsaturated/α-hetero) is 1. The first kappa shape index (κ1) is 21.2. The number of hydrogen-bond donors (Lipinski definition) is 0. The van der Waals surface area contributed by atoms with Crippen LogP contribution in [0.4, 0.5) is 0 Å². The van der Waals surface area contributed by atoms with Crippen molar-refractivity contribution in [2.75, 3.05) is 46.1 Å². The van der Waals surface area contributed by atoms with Gasteiger partial charge in [-0.15, -0.1) is 0 Å². The number of rotatable bonds is 6. The maximum atomic E-state index is 13.0. The Morgan fingerprint density at radius 1 is 1.00 bits per heavy atom. The molecule has 3 aliphatic heterocycles. The van der Waals surface area contributed by atoms with Crippen LogP contribution in [0.2, 0.25) is 0 Å². The topological polar surface area (TPSA) is 51.2 Å². The third kappa shape index (κ3) is 4.44. The zero-order chi connectivity index (χ0) is 21.9. The minimum atomic E-state index is -0.0631. The van der Waals surface area contributed by atoms with Crippen LogP contribution in [-0.4, -0.2) is 61.7 Å². The Hall–Kier alpha value is -2.67. The molecule has 2 aromatic carbocycles. The number of ether oxygens (including phenoxy) is 3. The molecule has 3 heterocycles. The molecule has 0 saturated carbocycles. The molecule has 2 aromatic rings. The summed E-state index contributed by atoms with van der Waals surface area (Å²) in [7, 11) is 0. The first-order valence-corrected chi connectivity index (χ1v) is 11.6. The minimum absolute atomic E-state index is 0.0631. The maximum absolute atomic E-state index is 13.0. The van der Waals surface area contributed by atoms with E-state index < -0.39 is 0 Å². The molecule has 0 aliphatic carbocycles. The van der Waals surface area contributed by atoms with Crippen LogP contribution >= 0.6 is 0 Å². The van der Waals surface area contributed by atoms with Crippen LogP contribution in [0.25, 0.3) is 6.08 Å². The average molecular weight is 435 g/mol. The number of benzene rings is 2. The maximum Gasteiger partial charge on any atom is 0.231 e. The molecule has 0 amide bonds. The van der Waals surface area contributed by atoms with E-state index in [1.165, 1.54) is 5.56 Å². The molecule has 168 valence electrons. The smallest absolute Gasteiger partial charge is 0.231 e. The highest BCUT2D eigenvalue weighted by atomic mass is 16.5. The zero-order valence-electron chi connectivity index (χ0n) is 18.6. The molecule has 6 nitrogen and oxygen atoms in total. The fourth-order valence-corrected chi connectivity index (χ4v) is 4.49. The monoisotopic (exact) mass is 434 g/mol. The molecule has 1 saturated heterocycles. The number of nitrogens with zero attached hydrogens (tertiary/aromatic N) is 2. The summed E-state index contributed by atoms with van der Waals surface area (Å²) in [5.41, 5.74) is 3.83. The number of morpholine rings is 1. The Kier molecular flexibility index (Phi) is 6.26. The molecule has 1 fully saturated rings. The van der Waals surface area contributed by atoms with E-state index in [9.17, 15) is 4.79 Å². The second-order valence-corrected chi connectivity index (χ2v) is 8.59. The average Bonchev–Trinajstić information content (AvgIpc) is 3.16. The van der Waals surface area contributed by atoms with Crippen molar-refractivity contribution < 1.29 is 19.0 Å². The van der Waals surface area contributed by atoms with E-state index in [4.69, 9.17) is 14.2 Å². The summed E-state index contributed by atoms with van der Waals surface area (Å²) in [6.45, 7) is 9.12. The van der Waals surface area contributed by atoms with Gasteiger partial charge in [-0.25, -0.2) is 0 Å². The Bertz CT molecular complexity index is 1010. The van der Waals surface area contributed by atoms with E-state index in [2.05, 4.69) is 28.9 Å². The molecule has 0 spiro atoms. The van der Waals surface area contributed by atoms with Crippen LogP contribution in [0.3, 0.4) is 0 Å². The Morgan fingerprint density at radius 3 is 2.56 bits per heavy atom. The van der Waals surface area contributed by atoms with Gasteiger partial charge < -0.3 is 14.2 Å². The molecule has 0 N–H and O–H groups in total. The van der Waals surface area contributed by atoms with E-state index >= 15 is 0 Å². The van der Waals surface area contributed by atoms with Crippen LogP contribution < -0.4 is 9.47 Å². The summed E-state index contributed by atoms with van der Waals surface area (Å²) >= 11 is 0. The molecule has 0 atom stereocenters. The van der Waals surface area contributed by atoms with Gasteiger partial charge in [0, 0.05) is 26.2 Å². The second kappa shape index (κ2) is 9.45. The lowest BCUT2D eigenvalue weighted by atomic mass is 10.0. The molecule has 6 heteroatoms. The van der Waals surface area contributed by atoms with Crippen molar-refractivity contribution in [2.45, 2.75) is 26.3 Å². The van der Waals surface area contributed by atoms with Gasteiger partial charge in [-0.1, -0.05) is 31.2 Å². The van der Waals surface area contributed by atoms with Gasteiger partial charge in [0.05, 0.1) is 24.3 Å². The summed E-state index contributed by atoms with van der Waals surface area (Å²) in [6, 6.07) is 12.0. The summed E-state index contributed by atoms with van der Waals surface area (Å²) in [5.74, 6) is 1.78. The zero-order valence-corrected chi connectivity index (χ0v) is 18.6. The molecule has 3 aliphatic rings. The number of aryl methyl sites for hydroxylation is 1. The quantitative estimate of drug-likeness (QED) is 0.646. The van der Waals surface area contributed by atoms with Crippen molar-refractivity contribution >= 4 is 11.9 Å². The number of ketones is 1. The van der Waals surface area contributed by atoms with E-state index in [0.717, 1.165) is 75.7 Å². The largest absolute Gasteiger partial charge is 0.478 e. The molecule has 0 aromatic heterocycles. The van der Waals surface area contributed by atoms with Gasteiger partial charge in [-0.3, -0.25) is 14.6 Å². The van der Waals surface area contributed by atoms with Crippen molar-refractivity contribution in [1.29, 1.82) is 0 Å². The lowest BCUT2D eigenvalue weighted by Gasteiger charge is -2.31. The van der Waals surface area contributed by atoms with Gasteiger partial charge in [0.1, 0.15) is 18.2 Å². The predicted octanol–water partition coefficient (Wildman–Crippen LogP) is 3.74. The van der Waals surface area contributed by atoms with Gasteiger partial charge >= 0.3 is 0 Å². The highest BCUT2D eigenvalue weighted by Crippen LogP contribution is 2.42. The van der Waals surface area contributed by atoms with Crippen molar-refractivity contribution in [3.63, 3.8) is 0 Å². The van der Waals surface area contributed by atoms with Gasteiger partial charge in [0.2, 0.25) is 5.78 Å². The molecule has 0 radical (unpaired) electrons. The van der Waals surface area contributed by atoms with Crippen molar-refractivity contribution in [3.8, 4) is 11.5 Å². The summed E-state index contributed by atoms with van der Waals surface area (Å²) in [4.78, 5) is 17.7. The van der Waals surface area contributed by atoms with Crippen LogP contribution in [0.15, 0.2) is 42.2 Å². The lowest BCUT2D eigenvalue weighted by Crippen LogP contribution is -2.39. The van der Waals surface area contributed by atoms with Crippen LogP contribution in [0, 0.1) is 0 Å². The SMILES string of the molecule is CCc1ccc(/C=C2\Oc3c(ccc4c3CN(CCCN3CCOCC3)CO4)C2=O)cc1. The molecule has 0 unspecified atom stereocenters. The second-order valence-electron chi connectivity index (χ2n) is 8.59. The first-order chi connectivity index (χ1) is 15.7. The van der Waals surface area contributed by atoms with Crippen LogP contribution in [-0.2, 0) is 17.7 Å². The van der Waals surface area contributed by atoms with E-state index in [-0.39, 0.29) is 5.78 Å². The predicted molar refractivity (Wildman–Crippen MR) is 123 cm³/mol. The fraction of sp³-hybridized carbons (Fsp3) is 0.423. The highest BCUT2D eigenvalue weighted by Gasteiger charge is 2.33. The standard InChI is InChI=1S/C26H30N2O4/c1-2-19-4-6-20(7-5-19)16-24-25(29)21-8-9-23-22(26(21)32-24)17-28(18-31-23)11-3-10-27-12-14-30-15-13-27/h4-9,16H,2-3,10-15,17-18H2,1H3/b24-16-. The Labute approximate surface area is 189 Å². The number of carbonyl (C=O) groups is 1. The fourth-order valence-electron chi connectivity index (χ4n) is 4.49. The number of fused-ring (bicyclic) bond motifs is 3. The molecular formula is C26H30N2O4. The van der Waals surface area contributed by atoms with Crippen LogP contribution in [0.1, 0.15) is 40.4 Å². The number of allylic oxidation sites excluding steroid dienone is 1. The minimum Gasteiger partial charge on any atom is -0.478 e. The lowest BCUT2D eigenvalue weighted by molar-refractivity contribution is 0.0329. The Balaban J connectivity index is 1.27. The third-order valence-corrected chi connectivity index (χ3v) is 6.42. The summed E-state index contributed by atoms with van der Waals surface area (Å²) < 4.78 is 17.5. The van der Waals surface area contributed by atoms with Gasteiger partial charge in [0.25, 0.3) is 0 Å². The molecule has 5 rings (SSSR count). The van der Waals surface area contributed by atoms with Crippen molar-refractivity contribution in [2.24, 2.45) is 0 Å². The van der Waals surface area contributed by atoms with Gasteiger partial charge in [-0.2, -0.15) is 0 Å². The summed E-state index contributed by atoms with van der Waals surface area (Å²) in [6.07, 6.45) is 3.90. The molecule has 0 bridgehead atoms. The van der Waals surface area contributed by atoms with E-state index in [1.807, 2.05) is 30.3 Å². The van der Waals surface area contributed by atoms with Crippen molar-refractivity contribution in [1.82, 2.24) is 9.80 Å². The molecular weight excluding hydrogens is 404 g/mol. The van der Waals surface area contributed by atoms with E-state index in [1.54, 1.807) is 0 Å². The third-order valence-electron chi connectivity index (χ3n) is 6.42. The Morgan fingerprint density at radius 2 is 1.78 bits per heavy atom. The normalized spacial score (nSPS) is 20.0. The number of carbonyl (C=O) groups excluding carboxylic acids is 1. The molecule has 32 heavy (non-hydrogen) atoms. The highest BCUT2D eigenvalue weighted by molar-refractivity contribution is 6.15. The number of hydrogen-bond acceptors (Lipinski definition) is 6. The summed E-state index contributed by atoms with van der Waals surface area (Å²) in [5, 5.41) is 0. The van der Waals surface area contributed by atoms with Crippen molar-refractivity contribution in [3.05, 3.63) is 64.4 Å². The van der Waals surface area contributed by atoms with Gasteiger partial charge in [-0.05, 0) is 48.7 Å². The van der Waals surface area contributed by atoms with Gasteiger partial charge in [0.15, 0.2) is 5.76 Å². The van der Waals surface area contributed by atoms with E-state index in [0.29, 0.717) is 23.8 Å². The van der Waals surface area contributed by atoms with Crippen LogP contribution in [0.5, 0.6) is 11.5 Å².